The van der Waals surface area contributed by atoms with Crippen molar-refractivity contribution in [1.29, 1.82) is 0 Å². The van der Waals surface area contributed by atoms with Crippen LogP contribution in [-0.2, 0) is 6.54 Å². The third-order valence-corrected chi connectivity index (χ3v) is 3.56. The minimum atomic E-state index is -0.0939. The van der Waals surface area contributed by atoms with Crippen molar-refractivity contribution in [3.8, 4) is 0 Å². The number of benzene rings is 1. The van der Waals surface area contributed by atoms with Crippen molar-refractivity contribution in [2.45, 2.75) is 11.4 Å². The average molecular weight is 273 g/mol. The van der Waals surface area contributed by atoms with E-state index in [-0.39, 0.29) is 5.91 Å². The summed E-state index contributed by atoms with van der Waals surface area (Å²) in [7, 11) is 0. The van der Waals surface area contributed by atoms with Crippen molar-refractivity contribution in [2.75, 3.05) is 5.75 Å². The molecule has 0 radical (unpaired) electrons. The molecule has 0 unspecified atom stereocenters. The third kappa shape index (κ3) is 3.76. The summed E-state index contributed by atoms with van der Waals surface area (Å²) in [5.74, 6) is 1.43. The Hall–Kier alpha value is -1.94. The molecule has 4 heteroatoms. The molecule has 0 saturated heterocycles. The standard InChI is InChI=1S/C15H15NO2S/c1-2-10-19-14-8-4-3-7-13(14)15(17)16-11-12-6-5-9-18-12/h2-9H,1,10-11H2,(H,16,17). The van der Waals surface area contributed by atoms with Gasteiger partial charge in [-0.15, -0.1) is 18.3 Å². The third-order valence-electron chi connectivity index (χ3n) is 2.49. The summed E-state index contributed by atoms with van der Waals surface area (Å²) in [4.78, 5) is 13.1. The highest BCUT2D eigenvalue weighted by molar-refractivity contribution is 7.99. The maximum atomic E-state index is 12.1. The lowest BCUT2D eigenvalue weighted by Crippen LogP contribution is -2.23. The van der Waals surface area contributed by atoms with Crippen LogP contribution < -0.4 is 5.32 Å². The van der Waals surface area contributed by atoms with Crippen LogP contribution in [-0.4, -0.2) is 11.7 Å². The molecule has 0 aliphatic rings. The van der Waals surface area contributed by atoms with E-state index in [1.165, 1.54) is 0 Å². The van der Waals surface area contributed by atoms with E-state index in [0.717, 1.165) is 16.4 Å². The second-order valence-corrected chi connectivity index (χ2v) is 4.92. The number of carbonyl (C=O) groups excluding carboxylic acids is 1. The SMILES string of the molecule is C=CCSc1ccccc1C(=O)NCc1ccco1. The van der Waals surface area contributed by atoms with Gasteiger partial charge in [-0.3, -0.25) is 4.79 Å². The number of furan rings is 1. The second kappa shape index (κ2) is 6.85. The number of hydrogen-bond donors (Lipinski definition) is 1. The van der Waals surface area contributed by atoms with Crippen LogP contribution in [0, 0.1) is 0 Å². The van der Waals surface area contributed by atoms with Gasteiger partial charge >= 0.3 is 0 Å². The average Bonchev–Trinajstić information content (AvgIpc) is 2.96. The summed E-state index contributed by atoms with van der Waals surface area (Å²) in [5.41, 5.74) is 0.681. The zero-order chi connectivity index (χ0) is 13.5. The van der Waals surface area contributed by atoms with Gasteiger partial charge in [0.05, 0.1) is 18.4 Å². The Bertz CT molecular complexity index is 549. The molecular weight excluding hydrogens is 258 g/mol. The Balaban J connectivity index is 2.03. The lowest BCUT2D eigenvalue weighted by atomic mass is 10.2. The summed E-state index contributed by atoms with van der Waals surface area (Å²) in [6.45, 7) is 4.08. The van der Waals surface area contributed by atoms with Crippen LogP contribution in [0.2, 0.25) is 0 Å². The van der Waals surface area contributed by atoms with E-state index in [1.807, 2.05) is 36.4 Å². The number of thioether (sulfide) groups is 1. The van der Waals surface area contributed by atoms with Gasteiger partial charge in [-0.05, 0) is 24.3 Å². The monoisotopic (exact) mass is 273 g/mol. The Morgan fingerprint density at radius 1 is 1.32 bits per heavy atom. The molecule has 2 aromatic rings. The molecular formula is C15H15NO2S. The molecule has 3 nitrogen and oxygen atoms in total. The van der Waals surface area contributed by atoms with Crippen LogP contribution in [0.5, 0.6) is 0 Å². The van der Waals surface area contributed by atoms with E-state index >= 15 is 0 Å². The molecule has 0 fully saturated rings. The minimum Gasteiger partial charge on any atom is -0.467 e. The fourth-order valence-electron chi connectivity index (χ4n) is 1.60. The van der Waals surface area contributed by atoms with E-state index in [0.29, 0.717) is 12.1 Å². The zero-order valence-corrected chi connectivity index (χ0v) is 11.3. The van der Waals surface area contributed by atoms with Crippen LogP contribution in [0.15, 0.2) is 64.6 Å². The first-order chi connectivity index (χ1) is 9.31. The van der Waals surface area contributed by atoms with E-state index in [9.17, 15) is 4.79 Å². The molecule has 0 atom stereocenters. The maximum absolute atomic E-state index is 12.1. The summed E-state index contributed by atoms with van der Waals surface area (Å²) in [5, 5.41) is 2.85. The fraction of sp³-hybridized carbons (Fsp3) is 0.133. The summed E-state index contributed by atoms with van der Waals surface area (Å²) in [6.07, 6.45) is 3.41. The van der Waals surface area contributed by atoms with Crippen molar-refractivity contribution in [3.63, 3.8) is 0 Å². The molecule has 2 rings (SSSR count). The quantitative estimate of drug-likeness (QED) is 0.647. The van der Waals surface area contributed by atoms with Crippen LogP contribution in [0.4, 0.5) is 0 Å². The molecule has 1 heterocycles. The molecule has 19 heavy (non-hydrogen) atoms. The molecule has 0 aliphatic carbocycles. The van der Waals surface area contributed by atoms with Gasteiger partial charge in [0.1, 0.15) is 5.76 Å². The summed E-state index contributed by atoms with van der Waals surface area (Å²) >= 11 is 1.60. The van der Waals surface area contributed by atoms with Gasteiger partial charge in [0.2, 0.25) is 0 Å². The summed E-state index contributed by atoms with van der Waals surface area (Å²) in [6, 6.07) is 11.2. The lowest BCUT2D eigenvalue weighted by Gasteiger charge is -2.08. The van der Waals surface area contributed by atoms with Gasteiger partial charge in [-0.1, -0.05) is 18.2 Å². The van der Waals surface area contributed by atoms with Gasteiger partial charge in [-0.25, -0.2) is 0 Å². The van der Waals surface area contributed by atoms with Gasteiger partial charge in [-0.2, -0.15) is 0 Å². The Morgan fingerprint density at radius 2 is 2.16 bits per heavy atom. The molecule has 0 spiro atoms. The van der Waals surface area contributed by atoms with Crippen LogP contribution >= 0.6 is 11.8 Å². The number of hydrogen-bond acceptors (Lipinski definition) is 3. The minimum absolute atomic E-state index is 0.0939. The van der Waals surface area contributed by atoms with Crippen molar-refractivity contribution in [3.05, 3.63) is 66.6 Å². The first-order valence-electron chi connectivity index (χ1n) is 5.94. The van der Waals surface area contributed by atoms with E-state index in [1.54, 1.807) is 24.1 Å². The fourth-order valence-corrected chi connectivity index (χ4v) is 2.39. The first-order valence-corrected chi connectivity index (χ1v) is 6.93. The lowest BCUT2D eigenvalue weighted by molar-refractivity contribution is 0.0945. The molecule has 1 aromatic heterocycles. The van der Waals surface area contributed by atoms with Gasteiger partial charge < -0.3 is 9.73 Å². The summed E-state index contributed by atoms with van der Waals surface area (Å²) < 4.78 is 5.18. The highest BCUT2D eigenvalue weighted by atomic mass is 32.2. The van der Waals surface area contributed by atoms with Crippen molar-refractivity contribution in [1.82, 2.24) is 5.32 Å². The number of amides is 1. The van der Waals surface area contributed by atoms with Gasteiger partial charge in [0.25, 0.3) is 5.91 Å². The molecule has 1 amide bonds. The number of nitrogens with one attached hydrogen (secondary N) is 1. The van der Waals surface area contributed by atoms with Crippen LogP contribution in [0.1, 0.15) is 16.1 Å². The topological polar surface area (TPSA) is 42.2 Å². The molecule has 0 saturated carbocycles. The first kappa shape index (κ1) is 13.5. The molecule has 0 bridgehead atoms. The Labute approximate surface area is 116 Å². The highest BCUT2D eigenvalue weighted by Gasteiger charge is 2.10. The molecule has 0 aliphatic heterocycles. The van der Waals surface area contributed by atoms with E-state index < -0.39 is 0 Å². The van der Waals surface area contributed by atoms with Gasteiger partial charge in [0, 0.05) is 10.6 Å². The van der Waals surface area contributed by atoms with Crippen LogP contribution in [0.25, 0.3) is 0 Å². The molecule has 1 N–H and O–H groups in total. The number of rotatable bonds is 6. The predicted octanol–water partition coefficient (Wildman–Crippen LogP) is 3.49. The smallest absolute Gasteiger partial charge is 0.252 e. The predicted molar refractivity (Wildman–Crippen MR) is 77.2 cm³/mol. The van der Waals surface area contributed by atoms with E-state index in [4.69, 9.17) is 4.42 Å². The van der Waals surface area contributed by atoms with Gasteiger partial charge in [0.15, 0.2) is 0 Å². The highest BCUT2D eigenvalue weighted by Crippen LogP contribution is 2.22. The van der Waals surface area contributed by atoms with E-state index in [2.05, 4.69) is 11.9 Å². The number of carbonyl (C=O) groups is 1. The van der Waals surface area contributed by atoms with Crippen LogP contribution in [0.3, 0.4) is 0 Å². The Morgan fingerprint density at radius 3 is 2.89 bits per heavy atom. The normalized spacial score (nSPS) is 10.1. The van der Waals surface area contributed by atoms with Crippen molar-refractivity contribution < 1.29 is 9.21 Å². The maximum Gasteiger partial charge on any atom is 0.252 e. The largest absolute Gasteiger partial charge is 0.467 e. The molecule has 98 valence electrons. The van der Waals surface area contributed by atoms with Crippen molar-refractivity contribution in [2.24, 2.45) is 0 Å². The zero-order valence-electron chi connectivity index (χ0n) is 10.5. The Kier molecular flexibility index (Phi) is 4.86. The second-order valence-electron chi connectivity index (χ2n) is 3.86. The van der Waals surface area contributed by atoms with Crippen molar-refractivity contribution >= 4 is 17.7 Å². The molecule has 1 aromatic carbocycles.